The first-order valence-electron chi connectivity index (χ1n) is 19.2. The van der Waals surface area contributed by atoms with Crippen LogP contribution in [0.4, 0.5) is 10.5 Å². The summed E-state index contributed by atoms with van der Waals surface area (Å²) in [5, 5.41) is 15.5. The van der Waals surface area contributed by atoms with Gasteiger partial charge in [0.15, 0.2) is 11.9 Å². The number of fused-ring (bicyclic) bond motifs is 2. The standard InChI is InChI=1S/C43H55NO10/c1-8-25(2)37-28(5)19-20-42(54-37)23-34-22-33(53-42)18-17-27(4)36(50-30(7)45)26(3)13-12-14-31-24-49-39-38(52-41(47)44-32-15-10-9-11-16-32)29(6)21-35(40(46)51-34)43(31,39)48/h9-17,19-21,25-26,28,33-39,48H,8,18,22-24H2,1-7H3,(H,44,47)/b13-12+,27-17+,31-14+/t25-,26-,28-,33+,34-,35-,36-,37+,38+,39+,42+,43+/m0/s1. The summed E-state index contributed by atoms with van der Waals surface area (Å²) in [5.41, 5.74) is 0.458. The van der Waals surface area contributed by atoms with Gasteiger partial charge in [-0.3, -0.25) is 14.9 Å². The Morgan fingerprint density at radius 2 is 1.78 bits per heavy atom. The van der Waals surface area contributed by atoms with Gasteiger partial charge in [0.1, 0.15) is 29.8 Å². The Morgan fingerprint density at radius 1 is 1.02 bits per heavy atom. The van der Waals surface area contributed by atoms with Crippen molar-refractivity contribution in [2.45, 2.75) is 122 Å². The molecule has 2 fully saturated rings. The van der Waals surface area contributed by atoms with Gasteiger partial charge in [-0.2, -0.15) is 0 Å². The minimum Gasteiger partial charge on any atom is -0.462 e. The number of carbonyl (C=O) groups is 3. The molecule has 1 aromatic rings. The van der Waals surface area contributed by atoms with Crippen molar-refractivity contribution in [2.75, 3.05) is 11.9 Å². The molecule has 2 saturated heterocycles. The first-order chi connectivity index (χ1) is 25.7. The van der Waals surface area contributed by atoms with Crippen LogP contribution in [-0.4, -0.2) is 77.8 Å². The summed E-state index contributed by atoms with van der Waals surface area (Å²) in [6.07, 6.45) is 10.7. The second-order valence-electron chi connectivity index (χ2n) is 15.6. The smallest absolute Gasteiger partial charge is 0.412 e. The number of carbonyl (C=O) groups excluding carboxylic acids is 3. The van der Waals surface area contributed by atoms with E-state index in [0.717, 1.165) is 12.0 Å². The molecule has 2 N–H and O–H groups in total. The molecule has 1 aromatic carbocycles. The van der Waals surface area contributed by atoms with Crippen LogP contribution >= 0.6 is 0 Å². The summed E-state index contributed by atoms with van der Waals surface area (Å²) in [4.78, 5) is 39.9. The lowest BCUT2D eigenvalue weighted by Crippen LogP contribution is -2.59. The lowest BCUT2D eigenvalue weighted by molar-refractivity contribution is -0.300. The molecule has 6 rings (SSSR count). The molecule has 54 heavy (non-hydrogen) atoms. The molecule has 0 aromatic heterocycles. The van der Waals surface area contributed by atoms with Crippen LogP contribution in [0.2, 0.25) is 0 Å². The van der Waals surface area contributed by atoms with E-state index in [4.69, 9.17) is 28.4 Å². The van der Waals surface area contributed by atoms with E-state index >= 15 is 0 Å². The van der Waals surface area contributed by atoms with Gasteiger partial charge in [0.05, 0.1) is 18.8 Å². The Kier molecular flexibility index (Phi) is 12.0. The van der Waals surface area contributed by atoms with Crippen molar-refractivity contribution in [3.8, 4) is 0 Å². The quantitative estimate of drug-likeness (QED) is 0.182. The van der Waals surface area contributed by atoms with E-state index in [1.165, 1.54) is 6.92 Å². The average Bonchev–Trinajstić information content (AvgIpc) is 3.47. The highest BCUT2D eigenvalue weighted by molar-refractivity contribution is 5.85. The number of esters is 2. The molecule has 1 amide bonds. The highest BCUT2D eigenvalue weighted by Gasteiger charge is 2.61. The lowest BCUT2D eigenvalue weighted by atomic mass is 9.70. The fourth-order valence-corrected chi connectivity index (χ4v) is 8.45. The summed E-state index contributed by atoms with van der Waals surface area (Å²) in [6.45, 7) is 13.4. The Bertz CT molecular complexity index is 1710. The summed E-state index contributed by atoms with van der Waals surface area (Å²) in [7, 11) is 0. The molecular formula is C43H55NO10. The predicted octanol–water partition coefficient (Wildman–Crippen LogP) is 7.13. The fraction of sp³-hybridized carbons (Fsp3) is 0.558. The van der Waals surface area contributed by atoms with E-state index in [1.807, 2.05) is 38.1 Å². The third-order valence-corrected chi connectivity index (χ3v) is 11.5. The van der Waals surface area contributed by atoms with E-state index < -0.39 is 65.9 Å². The van der Waals surface area contributed by atoms with Crippen molar-refractivity contribution in [2.24, 2.45) is 23.7 Å². The van der Waals surface area contributed by atoms with Crippen LogP contribution in [0, 0.1) is 23.7 Å². The molecule has 11 heteroatoms. The van der Waals surface area contributed by atoms with E-state index in [9.17, 15) is 19.5 Å². The molecule has 2 bridgehead atoms. The molecular weight excluding hydrogens is 690 g/mol. The van der Waals surface area contributed by atoms with Gasteiger partial charge in [0.2, 0.25) is 0 Å². The Morgan fingerprint density at radius 3 is 2.50 bits per heavy atom. The number of amides is 1. The van der Waals surface area contributed by atoms with Crippen LogP contribution < -0.4 is 5.32 Å². The van der Waals surface area contributed by atoms with Crippen molar-refractivity contribution >= 4 is 23.7 Å². The van der Waals surface area contributed by atoms with Crippen molar-refractivity contribution in [3.05, 3.63) is 89.6 Å². The second kappa shape index (κ2) is 16.4. The lowest BCUT2D eigenvalue weighted by Gasteiger charge is -2.48. The third kappa shape index (κ3) is 8.29. The van der Waals surface area contributed by atoms with Gasteiger partial charge in [-0.15, -0.1) is 0 Å². The summed E-state index contributed by atoms with van der Waals surface area (Å²) < 4.78 is 37.9. The largest absolute Gasteiger partial charge is 0.462 e. The van der Waals surface area contributed by atoms with Gasteiger partial charge >= 0.3 is 18.0 Å². The molecule has 0 saturated carbocycles. The number of benzene rings is 1. The number of ether oxygens (including phenoxy) is 6. The topological polar surface area (TPSA) is 139 Å². The number of hydrogen-bond donors (Lipinski definition) is 2. The second-order valence-corrected chi connectivity index (χ2v) is 15.6. The minimum atomic E-state index is -1.91. The number of allylic oxidation sites excluding steroid dienone is 2. The maximum Gasteiger partial charge on any atom is 0.412 e. The van der Waals surface area contributed by atoms with Gasteiger partial charge in [-0.25, -0.2) is 4.79 Å². The molecule has 5 aliphatic rings. The van der Waals surface area contributed by atoms with Gasteiger partial charge in [0.25, 0.3) is 0 Å². The van der Waals surface area contributed by atoms with Crippen LogP contribution in [-0.2, 0) is 38.0 Å². The van der Waals surface area contributed by atoms with Crippen molar-refractivity contribution in [1.82, 2.24) is 0 Å². The van der Waals surface area contributed by atoms with Gasteiger partial charge in [0, 0.05) is 37.3 Å². The molecule has 1 aliphatic carbocycles. The molecule has 0 unspecified atom stereocenters. The number of para-hydroxylation sites is 1. The van der Waals surface area contributed by atoms with E-state index in [-0.39, 0.29) is 36.9 Å². The van der Waals surface area contributed by atoms with Crippen LogP contribution in [0.25, 0.3) is 0 Å². The molecule has 4 aliphatic heterocycles. The Hall–Kier alpha value is -4.03. The van der Waals surface area contributed by atoms with Crippen LogP contribution in [0.5, 0.6) is 0 Å². The summed E-state index contributed by atoms with van der Waals surface area (Å²) in [5.74, 6) is -3.14. The zero-order chi connectivity index (χ0) is 38.8. The normalized spacial score (nSPS) is 39.7. The van der Waals surface area contributed by atoms with Gasteiger partial charge in [-0.05, 0) is 61.1 Å². The number of hydrogen-bond acceptors (Lipinski definition) is 10. The average molecular weight is 746 g/mol. The molecule has 292 valence electrons. The maximum absolute atomic E-state index is 14.5. The first-order valence-corrected chi connectivity index (χ1v) is 19.2. The van der Waals surface area contributed by atoms with E-state index in [1.54, 1.807) is 49.4 Å². The highest BCUT2D eigenvalue weighted by atomic mass is 16.7. The van der Waals surface area contributed by atoms with Gasteiger partial charge in [-0.1, -0.05) is 88.8 Å². The monoisotopic (exact) mass is 745 g/mol. The number of anilines is 1. The number of rotatable bonds is 5. The zero-order valence-corrected chi connectivity index (χ0v) is 32.4. The summed E-state index contributed by atoms with van der Waals surface area (Å²) in [6, 6.07) is 8.89. The Labute approximate surface area is 318 Å². The summed E-state index contributed by atoms with van der Waals surface area (Å²) >= 11 is 0. The minimum absolute atomic E-state index is 0.0203. The van der Waals surface area contributed by atoms with E-state index in [0.29, 0.717) is 29.7 Å². The van der Waals surface area contributed by atoms with E-state index in [2.05, 4.69) is 32.2 Å². The predicted molar refractivity (Wildman–Crippen MR) is 202 cm³/mol. The Balaban J connectivity index is 1.38. The molecule has 1 spiro atoms. The third-order valence-electron chi connectivity index (χ3n) is 11.5. The maximum atomic E-state index is 14.5. The molecule has 11 nitrogen and oxygen atoms in total. The number of nitrogens with one attached hydrogen (secondary N) is 1. The first kappa shape index (κ1) is 39.7. The van der Waals surface area contributed by atoms with Crippen LogP contribution in [0.15, 0.2) is 89.6 Å². The van der Waals surface area contributed by atoms with Crippen molar-refractivity contribution in [3.63, 3.8) is 0 Å². The van der Waals surface area contributed by atoms with Crippen molar-refractivity contribution in [1.29, 1.82) is 0 Å². The van der Waals surface area contributed by atoms with Gasteiger partial charge < -0.3 is 33.5 Å². The fourth-order valence-electron chi connectivity index (χ4n) is 8.45. The highest BCUT2D eigenvalue weighted by Crippen LogP contribution is 2.47. The number of aliphatic hydroxyl groups is 1. The van der Waals surface area contributed by atoms with Crippen LogP contribution in [0.1, 0.15) is 74.1 Å². The zero-order valence-electron chi connectivity index (χ0n) is 32.4. The SMILES string of the molecule is CC[C@H](C)[C@H]1O[C@]2(C=C[C@@H]1C)C[C@@H]1C[C@@H](C/C=C(\C)[C@@H](OC(C)=O)[C@@H](C)/C=C/C=C3\CO[C@@H]4[C@H](OC(=O)Nc5ccccc5)C(C)=C[C@@H](C(=O)O1)[C@]34O)O2. The van der Waals surface area contributed by atoms with Crippen molar-refractivity contribution < 1.29 is 47.9 Å². The van der Waals surface area contributed by atoms with Crippen LogP contribution in [0.3, 0.4) is 0 Å². The molecule has 4 heterocycles. The molecule has 12 atom stereocenters. The molecule has 0 radical (unpaired) electrons.